The van der Waals surface area contributed by atoms with Gasteiger partial charge in [-0.25, -0.2) is 0 Å². The lowest BCUT2D eigenvalue weighted by Crippen LogP contribution is -2.29. The summed E-state index contributed by atoms with van der Waals surface area (Å²) in [5.74, 6) is -1.06. The van der Waals surface area contributed by atoms with Crippen LogP contribution in [-0.2, 0) is 6.54 Å². The fourth-order valence-electron chi connectivity index (χ4n) is 2.64. The Hall–Kier alpha value is -3.67. The molecule has 3 rings (SSSR count). The first-order valence-corrected chi connectivity index (χ1v) is 8.40. The Balaban J connectivity index is 1.80. The molecule has 27 heavy (non-hydrogen) atoms. The summed E-state index contributed by atoms with van der Waals surface area (Å²) in [6.07, 6.45) is 1.65. The van der Waals surface area contributed by atoms with Crippen molar-refractivity contribution in [3.05, 3.63) is 99.5 Å². The van der Waals surface area contributed by atoms with Gasteiger partial charge >= 0.3 is 0 Å². The first-order chi connectivity index (χ1) is 12.9. The van der Waals surface area contributed by atoms with Crippen molar-refractivity contribution in [2.75, 3.05) is 5.32 Å². The zero-order chi connectivity index (χ0) is 19.4. The average Bonchev–Trinajstić information content (AvgIpc) is 2.65. The minimum atomic E-state index is -0.546. The zero-order valence-electron chi connectivity index (χ0n) is 14.8. The van der Waals surface area contributed by atoms with Crippen molar-refractivity contribution in [1.29, 1.82) is 0 Å². The molecule has 1 aromatic heterocycles. The maximum absolute atomic E-state index is 12.7. The van der Waals surface area contributed by atoms with Crippen LogP contribution in [0.4, 0.5) is 5.69 Å². The topological polar surface area (TPSA) is 94.2 Å². The number of hydrogen-bond donors (Lipinski definition) is 2. The van der Waals surface area contributed by atoms with Crippen LogP contribution in [0.25, 0.3) is 0 Å². The second-order valence-corrected chi connectivity index (χ2v) is 6.24. The highest BCUT2D eigenvalue weighted by Gasteiger charge is 2.13. The van der Waals surface area contributed by atoms with E-state index in [2.05, 4.69) is 5.32 Å². The number of nitrogens with two attached hydrogens (primary N) is 1. The second-order valence-electron chi connectivity index (χ2n) is 6.24. The summed E-state index contributed by atoms with van der Waals surface area (Å²) < 4.78 is 1.50. The Morgan fingerprint density at radius 1 is 1.00 bits per heavy atom. The minimum Gasteiger partial charge on any atom is -0.366 e. The Labute approximate surface area is 156 Å². The summed E-state index contributed by atoms with van der Waals surface area (Å²) in [5, 5.41) is 2.66. The summed E-state index contributed by atoms with van der Waals surface area (Å²) in [6, 6.07) is 17.2. The maximum Gasteiger partial charge on any atom is 0.263 e. The van der Waals surface area contributed by atoms with Crippen LogP contribution in [0.5, 0.6) is 0 Å². The van der Waals surface area contributed by atoms with Crippen molar-refractivity contribution >= 4 is 17.5 Å². The Bertz CT molecular complexity index is 1040. The molecule has 6 nitrogen and oxygen atoms in total. The lowest BCUT2D eigenvalue weighted by Gasteiger charge is -2.09. The summed E-state index contributed by atoms with van der Waals surface area (Å²) >= 11 is 0. The van der Waals surface area contributed by atoms with Gasteiger partial charge in [0.1, 0.15) is 5.56 Å². The number of pyridine rings is 1. The van der Waals surface area contributed by atoms with Crippen molar-refractivity contribution in [2.24, 2.45) is 5.73 Å². The van der Waals surface area contributed by atoms with Crippen molar-refractivity contribution in [2.45, 2.75) is 13.5 Å². The number of primary amides is 1. The van der Waals surface area contributed by atoms with E-state index < -0.39 is 11.8 Å². The van der Waals surface area contributed by atoms with Gasteiger partial charge in [0.25, 0.3) is 11.5 Å². The van der Waals surface area contributed by atoms with Gasteiger partial charge in [0.15, 0.2) is 0 Å². The van der Waals surface area contributed by atoms with Gasteiger partial charge in [0.05, 0.1) is 6.54 Å². The van der Waals surface area contributed by atoms with Crippen LogP contribution in [0, 0.1) is 6.92 Å². The van der Waals surface area contributed by atoms with E-state index in [1.807, 2.05) is 31.2 Å². The minimum absolute atomic E-state index is 0.0450. The van der Waals surface area contributed by atoms with Gasteiger partial charge < -0.3 is 15.6 Å². The second kappa shape index (κ2) is 7.70. The van der Waals surface area contributed by atoms with Gasteiger partial charge in [0, 0.05) is 17.4 Å². The molecule has 3 N–H and O–H groups in total. The largest absolute Gasteiger partial charge is 0.366 e. The third-order valence-corrected chi connectivity index (χ3v) is 4.17. The molecule has 0 saturated heterocycles. The molecular weight excluding hydrogens is 342 g/mol. The molecule has 2 aromatic carbocycles. The van der Waals surface area contributed by atoms with Gasteiger partial charge in [-0.3, -0.25) is 14.4 Å². The number of hydrogen-bond acceptors (Lipinski definition) is 3. The quantitative estimate of drug-likeness (QED) is 0.731. The zero-order valence-corrected chi connectivity index (χ0v) is 14.8. The summed E-state index contributed by atoms with van der Waals surface area (Å²) in [5.41, 5.74) is 7.79. The molecule has 0 aliphatic rings. The van der Waals surface area contributed by atoms with Crippen LogP contribution in [0.2, 0.25) is 0 Å². The predicted molar refractivity (Wildman–Crippen MR) is 104 cm³/mol. The molecule has 0 saturated carbocycles. The number of nitrogens with one attached hydrogen (secondary N) is 1. The number of carbonyl (C=O) groups excluding carboxylic acids is 2. The van der Waals surface area contributed by atoms with Gasteiger partial charge in [0.2, 0.25) is 5.91 Å². The number of amides is 2. The van der Waals surface area contributed by atoms with E-state index in [1.54, 1.807) is 24.4 Å². The standard InChI is InChI=1S/C21H19N3O3/c1-14-4-6-15(7-5-14)13-24-12-2-3-18(21(24)27)20(26)23-17-10-8-16(9-11-17)19(22)25/h2-12H,13H2,1H3,(H2,22,25)(H,23,26). The first-order valence-electron chi connectivity index (χ1n) is 8.40. The van der Waals surface area contributed by atoms with E-state index in [4.69, 9.17) is 5.73 Å². The average molecular weight is 361 g/mol. The molecular formula is C21H19N3O3. The van der Waals surface area contributed by atoms with Crippen LogP contribution in [0.15, 0.2) is 71.7 Å². The molecule has 0 aliphatic heterocycles. The number of aryl methyl sites for hydroxylation is 1. The lowest BCUT2D eigenvalue weighted by molar-refractivity contribution is 0.0998. The fourth-order valence-corrected chi connectivity index (χ4v) is 2.64. The summed E-state index contributed by atoms with van der Waals surface area (Å²) in [6.45, 7) is 2.38. The number of benzene rings is 2. The smallest absolute Gasteiger partial charge is 0.263 e. The highest BCUT2D eigenvalue weighted by Crippen LogP contribution is 2.11. The van der Waals surface area contributed by atoms with E-state index in [-0.39, 0.29) is 11.1 Å². The van der Waals surface area contributed by atoms with Crippen LogP contribution >= 0.6 is 0 Å². The molecule has 0 radical (unpaired) electrons. The highest BCUT2D eigenvalue weighted by atomic mass is 16.2. The number of anilines is 1. The van der Waals surface area contributed by atoms with E-state index in [9.17, 15) is 14.4 Å². The van der Waals surface area contributed by atoms with E-state index in [0.29, 0.717) is 17.8 Å². The van der Waals surface area contributed by atoms with Crippen LogP contribution in [-0.4, -0.2) is 16.4 Å². The van der Waals surface area contributed by atoms with E-state index >= 15 is 0 Å². The third kappa shape index (κ3) is 4.30. The molecule has 136 valence electrons. The molecule has 0 unspecified atom stereocenters. The molecule has 0 aliphatic carbocycles. The van der Waals surface area contributed by atoms with Crippen molar-refractivity contribution in [3.8, 4) is 0 Å². The molecule has 0 fully saturated rings. The summed E-state index contributed by atoms with van der Waals surface area (Å²) in [7, 11) is 0. The highest BCUT2D eigenvalue weighted by molar-refractivity contribution is 6.04. The molecule has 2 amide bonds. The predicted octanol–water partition coefficient (Wildman–Crippen LogP) is 2.56. The number of nitrogens with zero attached hydrogens (tertiary/aromatic N) is 1. The van der Waals surface area contributed by atoms with Crippen molar-refractivity contribution in [3.63, 3.8) is 0 Å². The SMILES string of the molecule is Cc1ccc(Cn2cccc(C(=O)Nc3ccc(C(N)=O)cc3)c2=O)cc1. The first kappa shape index (κ1) is 18.1. The number of aromatic nitrogens is 1. The molecule has 0 bridgehead atoms. The molecule has 1 heterocycles. The lowest BCUT2D eigenvalue weighted by atomic mass is 10.1. The molecule has 3 aromatic rings. The number of carbonyl (C=O) groups is 2. The number of rotatable bonds is 5. The summed E-state index contributed by atoms with van der Waals surface area (Å²) in [4.78, 5) is 36.2. The Morgan fingerprint density at radius 3 is 2.30 bits per heavy atom. The monoisotopic (exact) mass is 361 g/mol. The maximum atomic E-state index is 12.7. The van der Waals surface area contributed by atoms with E-state index in [0.717, 1.165) is 11.1 Å². The Morgan fingerprint density at radius 2 is 1.67 bits per heavy atom. The van der Waals surface area contributed by atoms with Gasteiger partial charge in [-0.2, -0.15) is 0 Å². The van der Waals surface area contributed by atoms with Crippen molar-refractivity contribution < 1.29 is 9.59 Å². The van der Waals surface area contributed by atoms with Crippen LogP contribution in [0.3, 0.4) is 0 Å². The Kier molecular flexibility index (Phi) is 5.17. The van der Waals surface area contributed by atoms with Crippen molar-refractivity contribution in [1.82, 2.24) is 4.57 Å². The van der Waals surface area contributed by atoms with Crippen LogP contribution < -0.4 is 16.6 Å². The van der Waals surface area contributed by atoms with E-state index in [1.165, 1.54) is 22.8 Å². The fraction of sp³-hybridized carbons (Fsp3) is 0.0952. The van der Waals surface area contributed by atoms with Gasteiger partial charge in [-0.05, 0) is 48.9 Å². The van der Waals surface area contributed by atoms with Gasteiger partial charge in [-0.15, -0.1) is 0 Å². The van der Waals surface area contributed by atoms with Gasteiger partial charge in [-0.1, -0.05) is 29.8 Å². The normalized spacial score (nSPS) is 10.4. The molecule has 0 atom stereocenters. The molecule has 6 heteroatoms. The van der Waals surface area contributed by atoms with Crippen LogP contribution in [0.1, 0.15) is 31.8 Å². The third-order valence-electron chi connectivity index (χ3n) is 4.17. The molecule has 0 spiro atoms.